The summed E-state index contributed by atoms with van der Waals surface area (Å²) >= 11 is 11.7. The maximum absolute atomic E-state index is 5.92. The fraction of sp³-hybridized carbons (Fsp3) is 0.0909. The molecular formula is C11H8Cl2O2. The molecule has 0 bridgehead atoms. The van der Waals surface area contributed by atoms with Crippen molar-refractivity contribution in [3.05, 3.63) is 52.4 Å². The van der Waals surface area contributed by atoms with E-state index in [0.29, 0.717) is 22.4 Å². The van der Waals surface area contributed by atoms with Crippen LogP contribution in [-0.2, 0) is 6.61 Å². The van der Waals surface area contributed by atoms with Gasteiger partial charge in [0.2, 0.25) is 0 Å². The van der Waals surface area contributed by atoms with E-state index >= 15 is 0 Å². The highest BCUT2D eigenvalue weighted by molar-refractivity contribution is 6.34. The molecule has 15 heavy (non-hydrogen) atoms. The second kappa shape index (κ2) is 4.60. The van der Waals surface area contributed by atoms with Crippen molar-refractivity contribution in [1.29, 1.82) is 0 Å². The Morgan fingerprint density at radius 2 is 2.07 bits per heavy atom. The molecular weight excluding hydrogens is 235 g/mol. The smallest absolute Gasteiger partial charge is 0.146 e. The topological polar surface area (TPSA) is 22.4 Å². The molecule has 1 aromatic carbocycles. The first-order valence-corrected chi connectivity index (χ1v) is 5.11. The van der Waals surface area contributed by atoms with Gasteiger partial charge in [0, 0.05) is 11.1 Å². The number of hydrogen-bond acceptors (Lipinski definition) is 2. The van der Waals surface area contributed by atoms with Crippen LogP contribution in [0.15, 0.2) is 41.0 Å². The first kappa shape index (κ1) is 10.4. The highest BCUT2D eigenvalue weighted by Crippen LogP contribution is 2.28. The minimum absolute atomic E-state index is 0.340. The van der Waals surface area contributed by atoms with E-state index in [2.05, 4.69) is 0 Å². The van der Waals surface area contributed by atoms with Crippen LogP contribution in [0.3, 0.4) is 0 Å². The second-order valence-corrected chi connectivity index (χ2v) is 3.79. The van der Waals surface area contributed by atoms with Crippen molar-refractivity contribution >= 4 is 23.2 Å². The molecule has 0 saturated carbocycles. The van der Waals surface area contributed by atoms with Gasteiger partial charge >= 0.3 is 0 Å². The first-order valence-electron chi connectivity index (χ1n) is 4.36. The molecule has 78 valence electrons. The van der Waals surface area contributed by atoms with Gasteiger partial charge in [-0.1, -0.05) is 23.2 Å². The Kier molecular flexibility index (Phi) is 3.19. The van der Waals surface area contributed by atoms with E-state index in [1.165, 1.54) is 0 Å². The molecule has 4 heteroatoms. The molecule has 0 fully saturated rings. The van der Waals surface area contributed by atoms with Gasteiger partial charge in [-0.05, 0) is 24.3 Å². The maximum atomic E-state index is 5.92. The quantitative estimate of drug-likeness (QED) is 0.807. The Balaban J connectivity index is 2.07. The van der Waals surface area contributed by atoms with Crippen LogP contribution < -0.4 is 4.74 Å². The predicted octanol–water partition coefficient (Wildman–Crippen LogP) is 4.17. The van der Waals surface area contributed by atoms with E-state index < -0.39 is 0 Å². The molecule has 1 aromatic heterocycles. The monoisotopic (exact) mass is 242 g/mol. The zero-order valence-corrected chi connectivity index (χ0v) is 9.26. The average Bonchev–Trinajstić information content (AvgIpc) is 2.72. The fourth-order valence-corrected chi connectivity index (χ4v) is 1.47. The molecule has 2 nitrogen and oxygen atoms in total. The molecule has 0 saturated heterocycles. The molecule has 1 heterocycles. The predicted molar refractivity (Wildman–Crippen MR) is 59.5 cm³/mol. The number of ether oxygens (including phenoxy) is 1. The molecule has 0 N–H and O–H groups in total. The van der Waals surface area contributed by atoms with E-state index in [1.807, 2.05) is 6.07 Å². The third kappa shape index (κ3) is 2.67. The van der Waals surface area contributed by atoms with Crippen molar-refractivity contribution in [2.75, 3.05) is 0 Å². The molecule has 0 amide bonds. The summed E-state index contributed by atoms with van der Waals surface area (Å²) in [5.74, 6) is 1.30. The van der Waals surface area contributed by atoms with Crippen LogP contribution in [0.5, 0.6) is 5.75 Å². The summed E-state index contributed by atoms with van der Waals surface area (Å²) < 4.78 is 10.6. The first-order chi connectivity index (χ1) is 7.25. The lowest BCUT2D eigenvalue weighted by Crippen LogP contribution is -1.94. The number of halogens is 2. The number of furan rings is 1. The summed E-state index contributed by atoms with van der Waals surface area (Å²) in [4.78, 5) is 0. The van der Waals surface area contributed by atoms with E-state index in [0.717, 1.165) is 5.76 Å². The zero-order valence-electron chi connectivity index (χ0n) is 7.74. The molecule has 0 atom stereocenters. The van der Waals surface area contributed by atoms with Gasteiger partial charge in [-0.25, -0.2) is 0 Å². The molecule has 0 aliphatic carbocycles. The van der Waals surface area contributed by atoms with Crippen molar-refractivity contribution in [3.8, 4) is 5.75 Å². The summed E-state index contributed by atoms with van der Waals surface area (Å²) in [6, 6.07) is 8.72. The average molecular weight is 243 g/mol. The largest absolute Gasteiger partial charge is 0.484 e. The lowest BCUT2D eigenvalue weighted by molar-refractivity contribution is 0.270. The lowest BCUT2D eigenvalue weighted by Gasteiger charge is -2.06. The van der Waals surface area contributed by atoms with E-state index in [1.54, 1.807) is 30.5 Å². The molecule has 0 aliphatic heterocycles. The molecule has 0 aliphatic rings. The van der Waals surface area contributed by atoms with Gasteiger partial charge in [0.05, 0.1) is 11.3 Å². The third-order valence-electron chi connectivity index (χ3n) is 1.84. The standard InChI is InChI=1S/C11H8Cl2O2/c12-8-3-4-10(13)11(6-8)15-7-9-2-1-5-14-9/h1-6H,7H2. The third-order valence-corrected chi connectivity index (χ3v) is 2.39. The van der Waals surface area contributed by atoms with Crippen LogP contribution in [0.2, 0.25) is 10.0 Å². The summed E-state index contributed by atoms with van der Waals surface area (Å²) in [6.07, 6.45) is 1.60. The van der Waals surface area contributed by atoms with Crippen LogP contribution in [0.4, 0.5) is 0 Å². The normalized spacial score (nSPS) is 10.3. The fourth-order valence-electron chi connectivity index (χ4n) is 1.13. The Hall–Kier alpha value is -1.12. The SMILES string of the molecule is Clc1ccc(Cl)c(OCc2ccco2)c1. The van der Waals surface area contributed by atoms with Gasteiger partial charge in [-0.2, -0.15) is 0 Å². The Labute approximate surface area is 97.4 Å². The van der Waals surface area contributed by atoms with Crippen molar-refractivity contribution in [2.24, 2.45) is 0 Å². The van der Waals surface area contributed by atoms with Crippen LogP contribution >= 0.6 is 23.2 Å². The summed E-state index contributed by atoms with van der Waals surface area (Å²) in [6.45, 7) is 0.340. The van der Waals surface area contributed by atoms with Crippen LogP contribution in [-0.4, -0.2) is 0 Å². The Morgan fingerprint density at radius 1 is 1.20 bits per heavy atom. The van der Waals surface area contributed by atoms with Gasteiger partial charge in [-0.15, -0.1) is 0 Å². The highest BCUT2D eigenvalue weighted by atomic mass is 35.5. The lowest BCUT2D eigenvalue weighted by atomic mass is 10.3. The maximum Gasteiger partial charge on any atom is 0.146 e. The van der Waals surface area contributed by atoms with Gasteiger partial charge in [0.1, 0.15) is 18.1 Å². The molecule has 2 aromatic rings. The number of hydrogen-bond donors (Lipinski definition) is 0. The van der Waals surface area contributed by atoms with Gasteiger partial charge < -0.3 is 9.15 Å². The van der Waals surface area contributed by atoms with E-state index in [9.17, 15) is 0 Å². The second-order valence-electron chi connectivity index (χ2n) is 2.94. The van der Waals surface area contributed by atoms with Crippen molar-refractivity contribution in [2.45, 2.75) is 6.61 Å². The Morgan fingerprint density at radius 3 is 2.80 bits per heavy atom. The summed E-state index contributed by atoms with van der Waals surface area (Å²) in [5, 5.41) is 1.12. The number of rotatable bonds is 3. The highest BCUT2D eigenvalue weighted by Gasteiger charge is 2.03. The van der Waals surface area contributed by atoms with Crippen LogP contribution in [0.25, 0.3) is 0 Å². The van der Waals surface area contributed by atoms with Gasteiger partial charge in [0.25, 0.3) is 0 Å². The molecule has 0 spiro atoms. The Bertz CT molecular complexity index is 438. The van der Waals surface area contributed by atoms with Crippen LogP contribution in [0.1, 0.15) is 5.76 Å². The van der Waals surface area contributed by atoms with Gasteiger partial charge in [0.15, 0.2) is 0 Å². The van der Waals surface area contributed by atoms with E-state index in [4.69, 9.17) is 32.4 Å². The minimum Gasteiger partial charge on any atom is -0.484 e. The number of benzene rings is 1. The molecule has 0 unspecified atom stereocenters. The summed E-state index contributed by atoms with van der Waals surface area (Å²) in [7, 11) is 0. The summed E-state index contributed by atoms with van der Waals surface area (Å²) in [5.41, 5.74) is 0. The zero-order chi connectivity index (χ0) is 10.7. The van der Waals surface area contributed by atoms with Crippen LogP contribution in [0, 0.1) is 0 Å². The van der Waals surface area contributed by atoms with Crippen molar-refractivity contribution < 1.29 is 9.15 Å². The minimum atomic E-state index is 0.340. The molecule has 0 radical (unpaired) electrons. The van der Waals surface area contributed by atoms with Crippen molar-refractivity contribution in [1.82, 2.24) is 0 Å². The van der Waals surface area contributed by atoms with Crippen molar-refractivity contribution in [3.63, 3.8) is 0 Å². The van der Waals surface area contributed by atoms with Gasteiger partial charge in [-0.3, -0.25) is 0 Å². The molecule has 2 rings (SSSR count). The van der Waals surface area contributed by atoms with E-state index in [-0.39, 0.29) is 0 Å².